The Morgan fingerprint density at radius 3 is 2.57 bits per heavy atom. The van der Waals surface area contributed by atoms with Gasteiger partial charge in [0.15, 0.2) is 0 Å². The summed E-state index contributed by atoms with van der Waals surface area (Å²) in [4.78, 5) is 14.9. The Morgan fingerprint density at radius 1 is 1.10 bits per heavy atom. The molecular formula is C17H25ClN2O. The molecule has 1 amide bonds. The minimum atomic E-state index is 0. The largest absolute Gasteiger partial charge is 0.335 e. The van der Waals surface area contributed by atoms with Crippen LogP contribution in [0.15, 0.2) is 30.3 Å². The Morgan fingerprint density at radius 2 is 1.86 bits per heavy atom. The zero-order valence-corrected chi connectivity index (χ0v) is 13.2. The van der Waals surface area contributed by atoms with Crippen LogP contribution < -0.4 is 5.73 Å². The maximum absolute atomic E-state index is 12.8. The Hall–Kier alpha value is -1.06. The molecule has 1 aliphatic carbocycles. The predicted molar refractivity (Wildman–Crippen MR) is 87.3 cm³/mol. The molecule has 2 aliphatic rings. The fraction of sp³-hybridized carbons (Fsp3) is 0.588. The fourth-order valence-corrected chi connectivity index (χ4v) is 3.74. The van der Waals surface area contributed by atoms with Crippen molar-refractivity contribution >= 4 is 18.3 Å². The Bertz CT molecular complexity index is 465. The van der Waals surface area contributed by atoms with Crippen LogP contribution >= 0.6 is 12.4 Å². The lowest BCUT2D eigenvalue weighted by Gasteiger charge is -2.32. The topological polar surface area (TPSA) is 46.3 Å². The van der Waals surface area contributed by atoms with E-state index in [0.717, 1.165) is 45.1 Å². The van der Waals surface area contributed by atoms with Gasteiger partial charge in [-0.25, -0.2) is 0 Å². The number of halogens is 1. The van der Waals surface area contributed by atoms with Gasteiger partial charge >= 0.3 is 0 Å². The second kappa shape index (κ2) is 7.28. The van der Waals surface area contributed by atoms with E-state index in [1.807, 2.05) is 6.07 Å². The smallest absolute Gasteiger partial charge is 0.226 e. The average molecular weight is 309 g/mol. The normalized spacial score (nSPS) is 29.0. The minimum Gasteiger partial charge on any atom is -0.335 e. The monoisotopic (exact) mass is 308 g/mol. The van der Waals surface area contributed by atoms with Crippen LogP contribution in [0.25, 0.3) is 0 Å². The first-order valence-corrected chi connectivity index (χ1v) is 7.86. The molecule has 3 rings (SSSR count). The summed E-state index contributed by atoms with van der Waals surface area (Å²) in [5.41, 5.74) is 7.31. The number of benzene rings is 1. The van der Waals surface area contributed by atoms with Crippen LogP contribution in [-0.4, -0.2) is 23.4 Å². The summed E-state index contributed by atoms with van der Waals surface area (Å²) in [6, 6.07) is 10.9. The average Bonchev–Trinajstić information content (AvgIpc) is 2.97. The number of likely N-dealkylation sites (tertiary alicyclic amines) is 1. The van der Waals surface area contributed by atoms with Crippen LogP contribution in [0.4, 0.5) is 0 Å². The Balaban J connectivity index is 0.00000161. The predicted octanol–water partition coefficient (Wildman–Crippen LogP) is 3.29. The maximum atomic E-state index is 12.8. The molecule has 0 aromatic heterocycles. The van der Waals surface area contributed by atoms with E-state index in [9.17, 15) is 4.79 Å². The quantitative estimate of drug-likeness (QED) is 0.911. The van der Waals surface area contributed by atoms with Gasteiger partial charge in [-0.3, -0.25) is 4.79 Å². The number of hydrogen-bond donors (Lipinski definition) is 1. The lowest BCUT2D eigenvalue weighted by molar-refractivity contribution is -0.137. The molecule has 1 aromatic rings. The summed E-state index contributed by atoms with van der Waals surface area (Å²) < 4.78 is 0. The van der Waals surface area contributed by atoms with Gasteiger partial charge in [-0.05, 0) is 37.7 Å². The molecule has 3 atom stereocenters. The third-order valence-corrected chi connectivity index (χ3v) is 4.78. The van der Waals surface area contributed by atoms with E-state index in [4.69, 9.17) is 5.73 Å². The van der Waals surface area contributed by atoms with Crippen LogP contribution in [0.2, 0.25) is 0 Å². The van der Waals surface area contributed by atoms with Gasteiger partial charge in [0, 0.05) is 18.5 Å². The molecule has 2 N–H and O–H groups in total. The van der Waals surface area contributed by atoms with E-state index in [-0.39, 0.29) is 30.4 Å². The first kappa shape index (κ1) is 16.3. The van der Waals surface area contributed by atoms with Crippen molar-refractivity contribution in [3.63, 3.8) is 0 Å². The molecule has 3 unspecified atom stereocenters. The fourth-order valence-electron chi connectivity index (χ4n) is 3.74. The summed E-state index contributed by atoms with van der Waals surface area (Å²) in [5.74, 6) is 0.495. The Kier molecular flexibility index (Phi) is 5.65. The second-order valence-corrected chi connectivity index (χ2v) is 6.22. The molecule has 21 heavy (non-hydrogen) atoms. The van der Waals surface area contributed by atoms with Gasteiger partial charge in [0.1, 0.15) is 0 Å². The van der Waals surface area contributed by atoms with Crippen LogP contribution in [0.3, 0.4) is 0 Å². The molecule has 3 nitrogen and oxygen atoms in total. The van der Waals surface area contributed by atoms with E-state index < -0.39 is 0 Å². The van der Waals surface area contributed by atoms with Crippen LogP contribution in [0.5, 0.6) is 0 Å². The van der Waals surface area contributed by atoms with Gasteiger partial charge < -0.3 is 10.6 Å². The van der Waals surface area contributed by atoms with Gasteiger partial charge in [-0.1, -0.05) is 36.8 Å². The van der Waals surface area contributed by atoms with Gasteiger partial charge in [0.05, 0.1) is 6.04 Å². The minimum absolute atomic E-state index is 0. The van der Waals surface area contributed by atoms with Crippen molar-refractivity contribution in [3.05, 3.63) is 35.9 Å². The van der Waals surface area contributed by atoms with Crippen LogP contribution in [0, 0.1) is 5.92 Å². The van der Waals surface area contributed by atoms with Crippen molar-refractivity contribution in [1.29, 1.82) is 0 Å². The zero-order valence-electron chi connectivity index (χ0n) is 12.4. The highest BCUT2D eigenvalue weighted by atomic mass is 35.5. The van der Waals surface area contributed by atoms with Crippen molar-refractivity contribution in [2.24, 2.45) is 11.7 Å². The highest BCUT2D eigenvalue weighted by molar-refractivity contribution is 5.85. The lowest BCUT2D eigenvalue weighted by atomic mass is 9.85. The van der Waals surface area contributed by atoms with E-state index in [1.54, 1.807) is 0 Å². The highest BCUT2D eigenvalue weighted by Crippen LogP contribution is 2.35. The number of hydrogen-bond acceptors (Lipinski definition) is 2. The number of carbonyl (C=O) groups excluding carboxylic acids is 1. The molecule has 1 saturated carbocycles. The van der Waals surface area contributed by atoms with E-state index in [0.29, 0.717) is 5.91 Å². The molecule has 2 fully saturated rings. The molecule has 116 valence electrons. The molecule has 1 saturated heterocycles. The number of nitrogens with two attached hydrogens (primary N) is 1. The number of carbonyl (C=O) groups is 1. The summed E-state index contributed by atoms with van der Waals surface area (Å²) in [7, 11) is 0. The van der Waals surface area contributed by atoms with Crippen molar-refractivity contribution < 1.29 is 4.79 Å². The van der Waals surface area contributed by atoms with Gasteiger partial charge in [0.25, 0.3) is 0 Å². The standard InChI is InChI=1S/C17H24N2O.ClH/c18-15-9-4-8-14(12-15)17(20)19-11-5-10-16(19)13-6-2-1-3-7-13;/h1-3,6-7,14-16H,4-5,8-12,18H2;1H. The third kappa shape index (κ3) is 3.58. The van der Waals surface area contributed by atoms with Crippen LogP contribution in [0.1, 0.15) is 50.1 Å². The molecule has 1 heterocycles. The lowest BCUT2D eigenvalue weighted by Crippen LogP contribution is -2.40. The molecule has 1 aromatic carbocycles. The second-order valence-electron chi connectivity index (χ2n) is 6.22. The first-order chi connectivity index (χ1) is 9.75. The van der Waals surface area contributed by atoms with E-state index in [1.165, 1.54) is 5.56 Å². The van der Waals surface area contributed by atoms with Crippen molar-refractivity contribution in [3.8, 4) is 0 Å². The third-order valence-electron chi connectivity index (χ3n) is 4.78. The van der Waals surface area contributed by atoms with Crippen LogP contribution in [-0.2, 0) is 4.79 Å². The van der Waals surface area contributed by atoms with E-state index >= 15 is 0 Å². The highest BCUT2D eigenvalue weighted by Gasteiger charge is 2.35. The summed E-state index contributed by atoms with van der Waals surface area (Å²) in [6.45, 7) is 0.907. The van der Waals surface area contributed by atoms with Crippen molar-refractivity contribution in [1.82, 2.24) is 4.90 Å². The SMILES string of the molecule is Cl.NC1CCCC(C(=O)N2CCCC2c2ccccc2)C1. The number of nitrogens with zero attached hydrogens (tertiary/aromatic N) is 1. The zero-order chi connectivity index (χ0) is 13.9. The number of rotatable bonds is 2. The van der Waals surface area contributed by atoms with Crippen molar-refractivity contribution in [2.45, 2.75) is 50.6 Å². The van der Waals surface area contributed by atoms with Crippen molar-refractivity contribution in [2.75, 3.05) is 6.54 Å². The van der Waals surface area contributed by atoms with Gasteiger partial charge in [-0.15, -0.1) is 12.4 Å². The van der Waals surface area contributed by atoms with Gasteiger partial charge in [0.2, 0.25) is 5.91 Å². The summed E-state index contributed by atoms with van der Waals surface area (Å²) in [5, 5.41) is 0. The molecule has 0 spiro atoms. The summed E-state index contributed by atoms with van der Waals surface area (Å²) in [6.07, 6.45) is 6.27. The molecular weight excluding hydrogens is 284 g/mol. The summed E-state index contributed by atoms with van der Waals surface area (Å²) >= 11 is 0. The maximum Gasteiger partial charge on any atom is 0.226 e. The Labute approximate surface area is 133 Å². The van der Waals surface area contributed by atoms with Gasteiger partial charge in [-0.2, -0.15) is 0 Å². The molecule has 4 heteroatoms. The van der Waals surface area contributed by atoms with E-state index in [2.05, 4.69) is 29.2 Å². The molecule has 1 aliphatic heterocycles. The number of amides is 1. The molecule has 0 bridgehead atoms. The molecule has 0 radical (unpaired) electrons. The first-order valence-electron chi connectivity index (χ1n) is 7.86.